The highest BCUT2D eigenvalue weighted by molar-refractivity contribution is 5.91. The Morgan fingerprint density at radius 1 is 0.451 bits per heavy atom. The average Bonchev–Trinajstić information content (AvgIpc) is 3.41. The van der Waals surface area contributed by atoms with Crippen molar-refractivity contribution in [1.82, 2.24) is 0 Å². The SMILES string of the molecule is CC1(C)c2ccccc2-c2ccc(N(c3ccc(-c4ccccc4)cc3)c3ccc4c(c3)N(c3ccccc3)/C=C/C=C\c3cccc-4c3)cc21. The molecule has 2 bridgehead atoms. The number of hydrogen-bond donors (Lipinski definition) is 0. The van der Waals surface area contributed by atoms with Crippen LogP contribution in [0.15, 0.2) is 188 Å². The highest BCUT2D eigenvalue weighted by atomic mass is 15.2. The first-order valence-electron chi connectivity index (χ1n) is 17.7. The molecule has 0 fully saturated rings. The van der Waals surface area contributed by atoms with Gasteiger partial charge in [0.05, 0.1) is 5.69 Å². The Bertz CT molecular complexity index is 2440. The third-order valence-electron chi connectivity index (χ3n) is 10.4. The lowest BCUT2D eigenvalue weighted by Gasteiger charge is -2.31. The van der Waals surface area contributed by atoms with E-state index in [1.165, 1.54) is 50.1 Å². The normalized spacial score (nSPS) is 14.9. The van der Waals surface area contributed by atoms with Crippen molar-refractivity contribution in [2.75, 3.05) is 9.80 Å². The van der Waals surface area contributed by atoms with Gasteiger partial charge in [0, 0.05) is 39.9 Å². The van der Waals surface area contributed by atoms with E-state index in [1.807, 2.05) is 0 Å². The van der Waals surface area contributed by atoms with Crippen LogP contribution in [0.3, 0.4) is 0 Å². The van der Waals surface area contributed by atoms with Crippen molar-refractivity contribution in [3.63, 3.8) is 0 Å². The summed E-state index contributed by atoms with van der Waals surface area (Å²) < 4.78 is 0. The molecule has 0 atom stereocenters. The van der Waals surface area contributed by atoms with Crippen LogP contribution in [0.4, 0.5) is 28.4 Å². The van der Waals surface area contributed by atoms with Gasteiger partial charge in [0.2, 0.25) is 0 Å². The molecule has 1 heterocycles. The number of para-hydroxylation sites is 1. The predicted molar refractivity (Wildman–Crippen MR) is 216 cm³/mol. The average molecular weight is 655 g/mol. The Morgan fingerprint density at radius 3 is 1.88 bits per heavy atom. The topological polar surface area (TPSA) is 6.48 Å². The summed E-state index contributed by atoms with van der Waals surface area (Å²) in [6.45, 7) is 4.70. The minimum Gasteiger partial charge on any atom is -0.316 e. The molecular formula is C49H38N2. The number of hydrogen-bond acceptors (Lipinski definition) is 2. The molecule has 2 nitrogen and oxygen atoms in total. The van der Waals surface area contributed by atoms with Gasteiger partial charge < -0.3 is 9.80 Å². The van der Waals surface area contributed by atoms with Crippen LogP contribution in [0.5, 0.6) is 0 Å². The molecule has 0 aromatic heterocycles. The number of rotatable bonds is 5. The second-order valence-electron chi connectivity index (χ2n) is 13.9. The predicted octanol–water partition coefficient (Wildman–Crippen LogP) is 13.5. The number of allylic oxidation sites excluding steroid dienone is 2. The zero-order valence-electron chi connectivity index (χ0n) is 28.9. The molecule has 2 heteroatoms. The smallest absolute Gasteiger partial charge is 0.0554 e. The summed E-state index contributed by atoms with van der Waals surface area (Å²) in [5.41, 5.74) is 16.8. The Balaban J connectivity index is 1.25. The molecule has 7 aromatic rings. The highest BCUT2D eigenvalue weighted by Gasteiger charge is 2.35. The Hall–Kier alpha value is -6.38. The Labute approximate surface area is 300 Å². The maximum atomic E-state index is 2.41. The minimum atomic E-state index is -0.110. The lowest BCUT2D eigenvalue weighted by atomic mass is 9.82. The van der Waals surface area contributed by atoms with E-state index in [0.717, 1.165) is 28.4 Å². The summed E-state index contributed by atoms with van der Waals surface area (Å²) in [6, 6.07) is 61.8. The van der Waals surface area contributed by atoms with Gasteiger partial charge in [0.25, 0.3) is 0 Å². The standard InChI is InChI=1S/C49H38N2/c1-49(2)46-22-10-9-21-44(46)45-30-28-41(33-47(45)49)51(40-25-23-37(24-26-40)36-16-5-3-6-17-36)42-27-29-43-38-18-13-15-35(32-38)14-11-12-31-50(48(43)34-42)39-19-7-4-8-20-39/h3-34H,1-2H3/b14-11-,31-12+. The van der Waals surface area contributed by atoms with Crippen molar-refractivity contribution in [3.05, 3.63) is 205 Å². The second-order valence-corrected chi connectivity index (χ2v) is 13.9. The Kier molecular flexibility index (Phi) is 7.51. The van der Waals surface area contributed by atoms with E-state index >= 15 is 0 Å². The van der Waals surface area contributed by atoms with Crippen LogP contribution in [0.1, 0.15) is 30.5 Å². The molecule has 0 unspecified atom stereocenters. The monoisotopic (exact) mass is 654 g/mol. The van der Waals surface area contributed by atoms with Gasteiger partial charge in [-0.3, -0.25) is 0 Å². The summed E-state index contributed by atoms with van der Waals surface area (Å²) in [5.74, 6) is 0. The van der Waals surface area contributed by atoms with Gasteiger partial charge in [0.1, 0.15) is 0 Å². The molecule has 0 saturated carbocycles. The summed E-state index contributed by atoms with van der Waals surface area (Å²) >= 11 is 0. The van der Waals surface area contributed by atoms with Gasteiger partial charge in [-0.15, -0.1) is 0 Å². The first-order valence-corrected chi connectivity index (χ1v) is 17.7. The number of benzene rings is 7. The molecule has 0 spiro atoms. The fraction of sp³-hybridized carbons (Fsp3) is 0.0612. The molecule has 2 aliphatic rings. The zero-order valence-corrected chi connectivity index (χ0v) is 28.9. The van der Waals surface area contributed by atoms with Crippen molar-refractivity contribution in [2.24, 2.45) is 0 Å². The quantitative estimate of drug-likeness (QED) is 0.182. The lowest BCUT2D eigenvalue weighted by molar-refractivity contribution is 0.660. The first-order chi connectivity index (χ1) is 25.0. The van der Waals surface area contributed by atoms with Crippen molar-refractivity contribution >= 4 is 34.5 Å². The molecule has 1 aliphatic carbocycles. The second kappa shape index (κ2) is 12.5. The number of fused-ring (bicyclic) bond motifs is 7. The van der Waals surface area contributed by atoms with Crippen LogP contribution in [-0.4, -0.2) is 0 Å². The van der Waals surface area contributed by atoms with E-state index in [4.69, 9.17) is 0 Å². The van der Waals surface area contributed by atoms with Crippen LogP contribution in [0.25, 0.3) is 39.5 Å². The van der Waals surface area contributed by atoms with E-state index in [1.54, 1.807) is 0 Å². The summed E-state index contributed by atoms with van der Waals surface area (Å²) in [6.07, 6.45) is 8.59. The largest absolute Gasteiger partial charge is 0.316 e. The molecule has 0 saturated heterocycles. The number of nitrogens with zero attached hydrogens (tertiary/aromatic N) is 2. The van der Waals surface area contributed by atoms with Gasteiger partial charge >= 0.3 is 0 Å². The van der Waals surface area contributed by atoms with Crippen LogP contribution < -0.4 is 9.80 Å². The molecule has 0 N–H and O–H groups in total. The van der Waals surface area contributed by atoms with Gasteiger partial charge in [0.15, 0.2) is 0 Å². The van der Waals surface area contributed by atoms with Crippen molar-refractivity contribution < 1.29 is 0 Å². The zero-order chi connectivity index (χ0) is 34.4. The first kappa shape index (κ1) is 30.7. The third-order valence-corrected chi connectivity index (χ3v) is 10.4. The summed E-state index contributed by atoms with van der Waals surface area (Å²) in [7, 11) is 0. The maximum Gasteiger partial charge on any atom is 0.0554 e. The lowest BCUT2D eigenvalue weighted by Crippen LogP contribution is -2.17. The molecule has 1 aliphatic heterocycles. The van der Waals surface area contributed by atoms with E-state index in [2.05, 4.69) is 218 Å². The minimum absolute atomic E-state index is 0.110. The number of anilines is 5. The van der Waals surface area contributed by atoms with Crippen LogP contribution >= 0.6 is 0 Å². The van der Waals surface area contributed by atoms with Gasteiger partial charge in [-0.1, -0.05) is 141 Å². The van der Waals surface area contributed by atoms with Crippen molar-refractivity contribution in [2.45, 2.75) is 19.3 Å². The van der Waals surface area contributed by atoms with Crippen LogP contribution in [0.2, 0.25) is 0 Å². The molecular weight excluding hydrogens is 617 g/mol. The maximum absolute atomic E-state index is 2.41. The molecule has 9 rings (SSSR count). The molecule has 0 radical (unpaired) electrons. The van der Waals surface area contributed by atoms with Crippen LogP contribution in [0, 0.1) is 0 Å². The van der Waals surface area contributed by atoms with E-state index in [-0.39, 0.29) is 5.41 Å². The van der Waals surface area contributed by atoms with Gasteiger partial charge in [-0.2, -0.15) is 0 Å². The Morgan fingerprint density at radius 2 is 1.08 bits per heavy atom. The summed E-state index contributed by atoms with van der Waals surface area (Å²) in [4.78, 5) is 4.72. The highest BCUT2D eigenvalue weighted by Crippen LogP contribution is 2.51. The van der Waals surface area contributed by atoms with Crippen LogP contribution in [-0.2, 0) is 5.41 Å². The third kappa shape index (κ3) is 5.46. The van der Waals surface area contributed by atoms with Gasteiger partial charge in [-0.05, 0) is 105 Å². The fourth-order valence-electron chi connectivity index (χ4n) is 7.82. The molecule has 51 heavy (non-hydrogen) atoms. The van der Waals surface area contributed by atoms with E-state index in [9.17, 15) is 0 Å². The summed E-state index contributed by atoms with van der Waals surface area (Å²) in [5, 5.41) is 0. The molecule has 0 amide bonds. The van der Waals surface area contributed by atoms with Crippen molar-refractivity contribution in [3.8, 4) is 33.4 Å². The fourth-order valence-corrected chi connectivity index (χ4v) is 7.82. The van der Waals surface area contributed by atoms with E-state index in [0.29, 0.717) is 0 Å². The van der Waals surface area contributed by atoms with Gasteiger partial charge in [-0.25, -0.2) is 0 Å². The van der Waals surface area contributed by atoms with E-state index < -0.39 is 0 Å². The van der Waals surface area contributed by atoms with Crippen molar-refractivity contribution in [1.29, 1.82) is 0 Å². The molecule has 244 valence electrons. The molecule has 7 aromatic carbocycles.